The van der Waals surface area contributed by atoms with Crippen molar-refractivity contribution in [2.45, 2.75) is 128 Å². The molecule has 0 aromatic carbocycles. The highest BCUT2D eigenvalue weighted by Gasteiger charge is 2.31. The van der Waals surface area contributed by atoms with Crippen molar-refractivity contribution in [3.05, 3.63) is 0 Å². The molecule has 4 atom stereocenters. The van der Waals surface area contributed by atoms with Crippen molar-refractivity contribution in [1.29, 1.82) is 0 Å². The van der Waals surface area contributed by atoms with Crippen LogP contribution < -0.4 is 0 Å². The lowest BCUT2D eigenvalue weighted by molar-refractivity contribution is -0.206. The van der Waals surface area contributed by atoms with E-state index in [1.165, 1.54) is 84.6 Å². The first kappa shape index (κ1) is 31.1. The van der Waals surface area contributed by atoms with Crippen LogP contribution in [-0.2, 0) is 9.57 Å². The summed E-state index contributed by atoms with van der Waals surface area (Å²) in [6.45, 7) is 3.30. The summed E-state index contributed by atoms with van der Waals surface area (Å²) in [6.07, 6.45) is 11.4. The summed E-state index contributed by atoms with van der Waals surface area (Å²) >= 11 is 0. The summed E-state index contributed by atoms with van der Waals surface area (Å²) in [5.74, 6) is 0. The minimum atomic E-state index is -1.59. The SMILES string of the molecule is CCCCCCCCCCCCCCCCOC(=O)N(C)O[C@@H](C)[C@@H](O)[C@H](O)[C@H](O)CO. The van der Waals surface area contributed by atoms with Crippen LogP contribution in [0.1, 0.15) is 104 Å². The number of aliphatic hydroxyl groups excluding tert-OH is 4. The van der Waals surface area contributed by atoms with E-state index in [1.807, 2.05) is 0 Å². The summed E-state index contributed by atoms with van der Waals surface area (Å²) in [7, 11) is 1.35. The van der Waals surface area contributed by atoms with Gasteiger partial charge in [-0.15, -0.1) is 0 Å². The van der Waals surface area contributed by atoms with E-state index < -0.39 is 37.1 Å². The first-order chi connectivity index (χ1) is 15.3. The van der Waals surface area contributed by atoms with Gasteiger partial charge in [-0.2, -0.15) is 5.06 Å². The molecule has 0 radical (unpaired) electrons. The molecule has 0 rings (SSSR count). The summed E-state index contributed by atoms with van der Waals surface area (Å²) in [4.78, 5) is 17.2. The van der Waals surface area contributed by atoms with Crippen molar-refractivity contribution in [2.75, 3.05) is 20.3 Å². The van der Waals surface area contributed by atoms with Crippen LogP contribution >= 0.6 is 0 Å². The Morgan fingerprint density at radius 2 is 1.22 bits per heavy atom. The maximum Gasteiger partial charge on any atom is 0.433 e. The minimum absolute atomic E-state index is 0.299. The second kappa shape index (κ2) is 20.7. The van der Waals surface area contributed by atoms with Crippen molar-refractivity contribution in [3.8, 4) is 0 Å². The Kier molecular flexibility index (Phi) is 20.1. The lowest BCUT2D eigenvalue weighted by Gasteiger charge is -2.28. The van der Waals surface area contributed by atoms with E-state index in [0.717, 1.165) is 24.3 Å². The highest BCUT2D eigenvalue weighted by atomic mass is 16.7. The highest BCUT2D eigenvalue weighted by molar-refractivity contribution is 5.65. The highest BCUT2D eigenvalue weighted by Crippen LogP contribution is 2.13. The number of aliphatic hydroxyl groups is 4. The van der Waals surface area contributed by atoms with Gasteiger partial charge in [0.2, 0.25) is 0 Å². The maximum atomic E-state index is 11.9. The van der Waals surface area contributed by atoms with E-state index in [1.54, 1.807) is 0 Å². The van der Waals surface area contributed by atoms with Crippen molar-refractivity contribution in [2.24, 2.45) is 0 Å². The Balaban J connectivity index is 3.62. The Morgan fingerprint density at radius 1 is 0.781 bits per heavy atom. The third-order valence-electron chi connectivity index (χ3n) is 5.72. The van der Waals surface area contributed by atoms with Crippen LogP contribution in [0, 0.1) is 0 Å². The number of carbonyl (C=O) groups is 1. The van der Waals surface area contributed by atoms with Crippen molar-refractivity contribution < 1.29 is 34.8 Å². The first-order valence-corrected chi connectivity index (χ1v) is 12.6. The van der Waals surface area contributed by atoms with Crippen molar-refractivity contribution in [3.63, 3.8) is 0 Å². The van der Waals surface area contributed by atoms with Crippen LogP contribution in [-0.4, -0.2) is 76.3 Å². The largest absolute Gasteiger partial charge is 0.448 e. The Morgan fingerprint density at radius 3 is 1.66 bits per heavy atom. The van der Waals surface area contributed by atoms with Crippen molar-refractivity contribution in [1.82, 2.24) is 5.06 Å². The maximum absolute atomic E-state index is 11.9. The van der Waals surface area contributed by atoms with Crippen LogP contribution in [0.3, 0.4) is 0 Å². The molecule has 0 aliphatic rings. The van der Waals surface area contributed by atoms with Gasteiger partial charge in [0.15, 0.2) is 0 Å². The standard InChI is InChI=1S/C24H49NO7/c1-4-5-6-7-8-9-10-11-12-13-14-15-16-17-18-31-24(30)25(3)32-20(2)22(28)23(29)21(27)19-26/h20-23,26-29H,4-19H2,1-3H3/t20-,21+,22+,23+/m0/s1. The fourth-order valence-electron chi connectivity index (χ4n) is 3.52. The predicted molar refractivity (Wildman–Crippen MR) is 125 cm³/mol. The lowest BCUT2D eigenvalue weighted by atomic mass is 10.0. The van der Waals surface area contributed by atoms with E-state index in [2.05, 4.69) is 6.92 Å². The number of hydrogen-bond donors (Lipinski definition) is 4. The molecule has 0 unspecified atom stereocenters. The van der Waals surface area contributed by atoms with Gasteiger partial charge in [-0.25, -0.2) is 4.79 Å². The van der Waals surface area contributed by atoms with E-state index in [-0.39, 0.29) is 0 Å². The average Bonchev–Trinajstić information content (AvgIpc) is 2.79. The van der Waals surface area contributed by atoms with E-state index in [9.17, 15) is 20.1 Å². The second-order valence-corrected chi connectivity index (χ2v) is 8.75. The molecule has 0 aliphatic heterocycles. The number of rotatable bonds is 21. The van der Waals surface area contributed by atoms with Gasteiger partial charge in [-0.3, -0.25) is 4.84 Å². The molecule has 4 N–H and O–H groups in total. The number of unbranched alkanes of at least 4 members (excludes halogenated alkanes) is 13. The third kappa shape index (κ3) is 15.8. The Hall–Kier alpha value is -0.930. The molecule has 1 amide bonds. The molecule has 0 bridgehead atoms. The van der Waals surface area contributed by atoms with Gasteiger partial charge >= 0.3 is 6.09 Å². The van der Waals surface area contributed by atoms with Gasteiger partial charge in [0, 0.05) is 7.05 Å². The molecule has 0 saturated carbocycles. The smallest absolute Gasteiger partial charge is 0.433 e. The molecule has 0 saturated heterocycles. The number of ether oxygens (including phenoxy) is 1. The molecule has 0 aliphatic carbocycles. The zero-order chi connectivity index (χ0) is 24.2. The summed E-state index contributed by atoms with van der Waals surface area (Å²) < 4.78 is 5.15. The van der Waals surface area contributed by atoms with Gasteiger partial charge in [0.25, 0.3) is 0 Å². The summed E-state index contributed by atoms with van der Waals surface area (Å²) in [5.41, 5.74) is 0. The molecule has 0 aromatic rings. The molecule has 0 aromatic heterocycles. The van der Waals surface area contributed by atoms with E-state index >= 15 is 0 Å². The second-order valence-electron chi connectivity index (χ2n) is 8.75. The fourth-order valence-corrected chi connectivity index (χ4v) is 3.52. The van der Waals surface area contributed by atoms with Gasteiger partial charge in [0.05, 0.1) is 13.2 Å². The molecule has 32 heavy (non-hydrogen) atoms. The zero-order valence-electron chi connectivity index (χ0n) is 20.6. The quantitative estimate of drug-likeness (QED) is 0.150. The summed E-state index contributed by atoms with van der Waals surface area (Å²) in [5, 5.41) is 38.6. The Labute approximate surface area is 194 Å². The van der Waals surface area contributed by atoms with Crippen LogP contribution in [0.4, 0.5) is 4.79 Å². The van der Waals surface area contributed by atoms with Crippen LogP contribution in [0.15, 0.2) is 0 Å². The van der Waals surface area contributed by atoms with Crippen LogP contribution in [0.5, 0.6) is 0 Å². The topological polar surface area (TPSA) is 120 Å². The van der Waals surface area contributed by atoms with Gasteiger partial charge in [0.1, 0.15) is 24.4 Å². The fraction of sp³-hybridized carbons (Fsp3) is 0.958. The first-order valence-electron chi connectivity index (χ1n) is 12.6. The molecular formula is C24H49NO7. The van der Waals surface area contributed by atoms with Crippen molar-refractivity contribution >= 4 is 6.09 Å². The van der Waals surface area contributed by atoms with Crippen LogP contribution in [0.2, 0.25) is 0 Å². The molecular weight excluding hydrogens is 414 g/mol. The number of nitrogens with zero attached hydrogens (tertiary/aromatic N) is 1. The lowest BCUT2D eigenvalue weighted by Crippen LogP contribution is -2.47. The zero-order valence-corrected chi connectivity index (χ0v) is 20.6. The molecule has 192 valence electrons. The monoisotopic (exact) mass is 463 g/mol. The normalized spacial score (nSPS) is 15.2. The number of carbonyl (C=O) groups excluding carboxylic acids is 1. The number of hydroxylamine groups is 2. The van der Waals surface area contributed by atoms with Crippen LogP contribution in [0.25, 0.3) is 0 Å². The molecule has 8 heteroatoms. The Bertz CT molecular complexity index is 439. The molecule has 0 fully saturated rings. The summed E-state index contributed by atoms with van der Waals surface area (Å²) in [6, 6.07) is 0. The predicted octanol–water partition coefficient (Wildman–Crippen LogP) is 3.93. The molecule has 8 nitrogen and oxygen atoms in total. The van der Waals surface area contributed by atoms with E-state index in [0.29, 0.717) is 6.61 Å². The average molecular weight is 464 g/mol. The minimum Gasteiger partial charge on any atom is -0.448 e. The number of hydrogen-bond acceptors (Lipinski definition) is 7. The van der Waals surface area contributed by atoms with Gasteiger partial charge in [-0.05, 0) is 13.3 Å². The molecule has 0 heterocycles. The van der Waals surface area contributed by atoms with Gasteiger partial charge in [-0.1, -0.05) is 90.4 Å². The molecule has 0 spiro atoms. The third-order valence-corrected chi connectivity index (χ3v) is 5.72. The van der Waals surface area contributed by atoms with E-state index in [4.69, 9.17) is 14.7 Å². The van der Waals surface area contributed by atoms with Gasteiger partial charge < -0.3 is 25.2 Å². The number of amides is 1.